The number of nitrogens with one attached hydrogen (secondary N) is 2. The third kappa shape index (κ3) is 1.58. The van der Waals surface area contributed by atoms with Crippen molar-refractivity contribution in [3.8, 4) is 0 Å². The first-order chi connectivity index (χ1) is 4.55. The van der Waals surface area contributed by atoms with Gasteiger partial charge in [-0.2, -0.15) is 13.1 Å². The standard InChI is InChI=1S/C3H5IN2O3S/c4-1-2-3(7)6-10(8,9)5-2/h2,5H,1H2,(H,6,7). The van der Waals surface area contributed by atoms with Crippen LogP contribution in [-0.4, -0.2) is 24.8 Å². The lowest BCUT2D eigenvalue weighted by Gasteiger charge is -1.95. The van der Waals surface area contributed by atoms with E-state index in [9.17, 15) is 13.2 Å². The molecule has 0 aromatic heterocycles. The molecule has 1 atom stereocenters. The molecule has 1 fully saturated rings. The van der Waals surface area contributed by atoms with Gasteiger partial charge in [0, 0.05) is 4.43 Å². The Bertz CT molecular complexity index is 248. The van der Waals surface area contributed by atoms with E-state index in [0.29, 0.717) is 4.43 Å². The van der Waals surface area contributed by atoms with Gasteiger partial charge in [-0.1, -0.05) is 22.6 Å². The first-order valence-electron chi connectivity index (χ1n) is 2.45. The first kappa shape index (κ1) is 8.21. The average Bonchev–Trinajstić information content (AvgIpc) is 2.05. The van der Waals surface area contributed by atoms with Crippen molar-refractivity contribution in [1.29, 1.82) is 0 Å². The van der Waals surface area contributed by atoms with Crippen LogP contribution in [0.2, 0.25) is 0 Å². The monoisotopic (exact) mass is 276 g/mol. The fraction of sp³-hybridized carbons (Fsp3) is 0.667. The smallest absolute Gasteiger partial charge is 0.272 e. The van der Waals surface area contributed by atoms with E-state index in [0.717, 1.165) is 0 Å². The molecule has 1 unspecified atom stereocenters. The van der Waals surface area contributed by atoms with Gasteiger partial charge in [0.25, 0.3) is 5.91 Å². The topological polar surface area (TPSA) is 75.3 Å². The summed E-state index contributed by atoms with van der Waals surface area (Å²) in [5, 5.41) is 0. The van der Waals surface area contributed by atoms with Gasteiger partial charge in [0.15, 0.2) is 0 Å². The Labute approximate surface area is 71.9 Å². The lowest BCUT2D eigenvalue weighted by molar-refractivity contribution is -0.119. The van der Waals surface area contributed by atoms with Crippen molar-refractivity contribution in [2.24, 2.45) is 0 Å². The summed E-state index contributed by atoms with van der Waals surface area (Å²) < 4.78 is 25.5. The van der Waals surface area contributed by atoms with Gasteiger partial charge in [0.2, 0.25) is 0 Å². The molecule has 1 saturated heterocycles. The molecule has 1 heterocycles. The zero-order chi connectivity index (χ0) is 7.78. The third-order valence-corrected chi connectivity index (χ3v) is 2.95. The molecule has 1 aliphatic rings. The molecule has 0 aromatic carbocycles. The number of hydrogen-bond acceptors (Lipinski definition) is 3. The highest BCUT2D eigenvalue weighted by atomic mass is 127. The van der Waals surface area contributed by atoms with E-state index in [1.54, 1.807) is 0 Å². The Morgan fingerprint density at radius 2 is 2.20 bits per heavy atom. The van der Waals surface area contributed by atoms with Crippen molar-refractivity contribution in [1.82, 2.24) is 9.44 Å². The van der Waals surface area contributed by atoms with E-state index >= 15 is 0 Å². The lowest BCUT2D eigenvalue weighted by atomic mass is 10.4. The maximum Gasteiger partial charge on any atom is 0.302 e. The summed E-state index contributed by atoms with van der Waals surface area (Å²) in [7, 11) is -3.51. The summed E-state index contributed by atoms with van der Waals surface area (Å²) in [6, 6.07) is -0.592. The van der Waals surface area contributed by atoms with E-state index in [1.165, 1.54) is 0 Å². The largest absolute Gasteiger partial charge is 0.302 e. The van der Waals surface area contributed by atoms with Crippen LogP contribution in [0.1, 0.15) is 0 Å². The first-order valence-corrected chi connectivity index (χ1v) is 5.46. The highest BCUT2D eigenvalue weighted by Crippen LogP contribution is 2.00. The summed E-state index contributed by atoms with van der Waals surface area (Å²) >= 11 is 1.93. The number of rotatable bonds is 1. The predicted octanol–water partition coefficient (Wildman–Crippen LogP) is -1.25. The molecule has 10 heavy (non-hydrogen) atoms. The van der Waals surface area contributed by atoms with Gasteiger partial charge in [-0.25, -0.2) is 4.72 Å². The van der Waals surface area contributed by atoms with Crippen LogP contribution in [0, 0.1) is 0 Å². The molecule has 0 bridgehead atoms. The second-order valence-corrected chi connectivity index (χ2v) is 4.12. The fourth-order valence-electron chi connectivity index (χ4n) is 0.575. The molecular weight excluding hydrogens is 271 g/mol. The Morgan fingerprint density at radius 1 is 1.60 bits per heavy atom. The molecule has 1 rings (SSSR count). The Hall–Kier alpha value is 0.110. The van der Waals surface area contributed by atoms with E-state index in [1.807, 2.05) is 27.3 Å². The normalized spacial score (nSPS) is 30.1. The van der Waals surface area contributed by atoms with Crippen LogP contribution in [0.25, 0.3) is 0 Å². The minimum atomic E-state index is -3.51. The van der Waals surface area contributed by atoms with Gasteiger partial charge >= 0.3 is 10.2 Å². The van der Waals surface area contributed by atoms with Crippen molar-refractivity contribution in [3.05, 3.63) is 0 Å². The average molecular weight is 276 g/mol. The summed E-state index contributed by atoms with van der Waals surface area (Å²) in [6.45, 7) is 0. The molecule has 0 saturated carbocycles. The molecule has 0 aromatic rings. The van der Waals surface area contributed by atoms with Crippen LogP contribution in [0.3, 0.4) is 0 Å². The minimum Gasteiger partial charge on any atom is -0.272 e. The molecule has 7 heteroatoms. The van der Waals surface area contributed by atoms with Gasteiger partial charge in [-0.3, -0.25) is 4.79 Å². The van der Waals surface area contributed by atoms with Gasteiger partial charge in [-0.15, -0.1) is 0 Å². The molecule has 0 aliphatic carbocycles. The lowest BCUT2D eigenvalue weighted by Crippen LogP contribution is -2.30. The minimum absolute atomic E-state index is 0.447. The van der Waals surface area contributed by atoms with Gasteiger partial charge < -0.3 is 0 Å². The number of amides is 1. The van der Waals surface area contributed by atoms with Crippen LogP contribution in [0.15, 0.2) is 0 Å². The summed E-state index contributed by atoms with van der Waals surface area (Å²) in [6.07, 6.45) is 0. The Balaban J connectivity index is 2.80. The predicted molar refractivity (Wildman–Crippen MR) is 42.9 cm³/mol. The third-order valence-electron chi connectivity index (χ3n) is 1.00. The fourth-order valence-corrected chi connectivity index (χ4v) is 2.53. The summed E-state index contributed by atoms with van der Waals surface area (Å²) in [4.78, 5) is 10.7. The van der Waals surface area contributed by atoms with E-state index in [2.05, 4.69) is 4.72 Å². The number of hydrogen-bond donors (Lipinski definition) is 2. The van der Waals surface area contributed by atoms with Crippen LogP contribution < -0.4 is 9.44 Å². The van der Waals surface area contributed by atoms with Crippen molar-refractivity contribution in [2.45, 2.75) is 6.04 Å². The highest BCUT2D eigenvalue weighted by Gasteiger charge is 2.33. The SMILES string of the molecule is O=C1NS(=O)(=O)NC1CI. The van der Waals surface area contributed by atoms with Crippen LogP contribution in [0.4, 0.5) is 0 Å². The number of carbonyl (C=O) groups is 1. The second-order valence-electron chi connectivity index (χ2n) is 1.79. The van der Waals surface area contributed by atoms with E-state index < -0.39 is 22.2 Å². The van der Waals surface area contributed by atoms with Crippen LogP contribution >= 0.6 is 22.6 Å². The zero-order valence-corrected chi connectivity index (χ0v) is 7.77. The van der Waals surface area contributed by atoms with Gasteiger partial charge in [0.05, 0.1) is 0 Å². The van der Waals surface area contributed by atoms with E-state index in [-0.39, 0.29) is 0 Å². The van der Waals surface area contributed by atoms with Gasteiger partial charge in [0.1, 0.15) is 6.04 Å². The Kier molecular flexibility index (Phi) is 2.15. The summed E-state index contributed by atoms with van der Waals surface area (Å²) in [5.74, 6) is -0.477. The zero-order valence-electron chi connectivity index (χ0n) is 4.80. The highest BCUT2D eigenvalue weighted by molar-refractivity contribution is 14.1. The molecule has 5 nitrogen and oxygen atoms in total. The summed E-state index contributed by atoms with van der Waals surface area (Å²) in [5.41, 5.74) is 0. The number of carbonyl (C=O) groups excluding carboxylic acids is 1. The van der Waals surface area contributed by atoms with Crippen molar-refractivity contribution < 1.29 is 13.2 Å². The molecule has 1 aliphatic heterocycles. The molecule has 0 spiro atoms. The van der Waals surface area contributed by atoms with Crippen molar-refractivity contribution in [3.63, 3.8) is 0 Å². The number of halogens is 1. The molecule has 2 N–H and O–H groups in total. The maximum absolute atomic E-state index is 10.7. The van der Waals surface area contributed by atoms with Crippen LogP contribution in [-0.2, 0) is 15.0 Å². The molecule has 0 radical (unpaired) electrons. The Morgan fingerprint density at radius 3 is 2.40 bits per heavy atom. The van der Waals surface area contributed by atoms with Gasteiger partial charge in [-0.05, 0) is 0 Å². The second kappa shape index (κ2) is 2.62. The van der Waals surface area contributed by atoms with Crippen LogP contribution in [0.5, 0.6) is 0 Å². The molecule has 1 amide bonds. The molecular formula is C3H5IN2O3S. The number of alkyl halides is 1. The maximum atomic E-state index is 10.7. The van der Waals surface area contributed by atoms with Crippen molar-refractivity contribution in [2.75, 3.05) is 4.43 Å². The quantitative estimate of drug-likeness (QED) is 0.464. The van der Waals surface area contributed by atoms with Crippen molar-refractivity contribution >= 4 is 38.7 Å². The van der Waals surface area contributed by atoms with E-state index in [4.69, 9.17) is 0 Å². The molecule has 58 valence electrons.